The third kappa shape index (κ3) is 7.63. The average Bonchev–Trinajstić information content (AvgIpc) is 1.84. The van der Waals surface area contributed by atoms with Crippen LogP contribution in [-0.2, 0) is 21.7 Å². The molecule has 0 amide bonds. The van der Waals surface area contributed by atoms with Gasteiger partial charge in [0.05, 0.1) is 0 Å². The molecule has 13 aromatic carbocycles. The molecule has 0 saturated carbocycles. The molecule has 0 atom stereocenters. The van der Waals surface area contributed by atoms with Crippen molar-refractivity contribution in [2.45, 2.75) is 105 Å². The van der Waals surface area contributed by atoms with Gasteiger partial charge in [-0.05, 0) is 222 Å². The van der Waals surface area contributed by atoms with E-state index in [0.29, 0.717) is 0 Å². The second-order valence-electron chi connectivity index (χ2n) is 28.1. The van der Waals surface area contributed by atoms with Crippen LogP contribution < -0.4 is 0 Å². The van der Waals surface area contributed by atoms with Crippen molar-refractivity contribution in [3.05, 3.63) is 229 Å². The molecular formula is C82H70. The highest BCUT2D eigenvalue weighted by Gasteiger charge is 2.38. The fourth-order valence-electron chi connectivity index (χ4n) is 14.2. The smallest absolute Gasteiger partial charge is 0.000740 e. The minimum Gasteiger partial charge on any atom is -0.0616 e. The van der Waals surface area contributed by atoms with Gasteiger partial charge >= 0.3 is 0 Å². The van der Waals surface area contributed by atoms with Crippen molar-refractivity contribution in [1.29, 1.82) is 0 Å². The molecule has 15 rings (SSSR count). The lowest BCUT2D eigenvalue weighted by Crippen LogP contribution is -2.17. The van der Waals surface area contributed by atoms with E-state index >= 15 is 0 Å². The highest BCUT2D eigenvalue weighted by Crippen LogP contribution is 2.65. The van der Waals surface area contributed by atoms with E-state index in [0.717, 1.165) is 0 Å². The maximum absolute atomic E-state index is 2.54. The maximum Gasteiger partial charge on any atom is -0.000740 e. The Balaban J connectivity index is 1.14. The Bertz CT molecular complexity index is 4560. The standard InChI is InChI=1S/C82H70/c1-79(2,3)57-39-55(40-58(45-57)80(4,5)6)71-67-43-51-25-17-18-26-52(51)44-68(67)72(56-41-59(81(7,8)9)46-60(42-56)82(10,11)12)78-66-36-34-64-73-63(33-35-65(74(66)73)77(71)78)75-69(53-31-29-47-21-13-15-23-49(47)37-53)61-27-19-20-28-62(61)70(76(64)75)54-32-30-48-22-14-16-24-50(48)38-54/h13-46H,1-12H3. The summed E-state index contributed by atoms with van der Waals surface area (Å²) in [4.78, 5) is 0. The van der Waals surface area contributed by atoms with Crippen LogP contribution in [0, 0.1) is 0 Å². The van der Waals surface area contributed by atoms with Crippen molar-refractivity contribution in [3.8, 4) is 89.0 Å². The lowest BCUT2D eigenvalue weighted by atomic mass is 9.75. The van der Waals surface area contributed by atoms with Gasteiger partial charge in [0.25, 0.3) is 0 Å². The summed E-state index contributed by atoms with van der Waals surface area (Å²) in [5.41, 5.74) is 26.0. The topological polar surface area (TPSA) is 0 Å². The van der Waals surface area contributed by atoms with Crippen LogP contribution in [0.1, 0.15) is 105 Å². The largest absolute Gasteiger partial charge is 0.0616 e. The second kappa shape index (κ2) is 17.5. The first-order valence-electron chi connectivity index (χ1n) is 29.7. The van der Waals surface area contributed by atoms with Crippen LogP contribution in [0.2, 0.25) is 0 Å². The number of rotatable bonds is 4. The Kier molecular flexibility index (Phi) is 10.7. The lowest BCUT2D eigenvalue weighted by molar-refractivity contribution is 0.568. The minimum atomic E-state index is -0.0786. The molecule has 13 aromatic rings. The third-order valence-corrected chi connectivity index (χ3v) is 18.6. The van der Waals surface area contributed by atoms with Crippen molar-refractivity contribution in [1.82, 2.24) is 0 Å². The van der Waals surface area contributed by atoms with Gasteiger partial charge in [-0.25, -0.2) is 0 Å². The van der Waals surface area contributed by atoms with E-state index < -0.39 is 0 Å². The molecule has 0 fully saturated rings. The first-order valence-corrected chi connectivity index (χ1v) is 29.7. The van der Waals surface area contributed by atoms with Gasteiger partial charge in [0.1, 0.15) is 0 Å². The van der Waals surface area contributed by atoms with E-state index in [1.807, 2.05) is 0 Å². The number of fused-ring (bicyclic) bond motifs is 11. The summed E-state index contributed by atoms with van der Waals surface area (Å²) < 4.78 is 0. The van der Waals surface area contributed by atoms with E-state index in [9.17, 15) is 0 Å². The third-order valence-electron chi connectivity index (χ3n) is 18.6. The zero-order valence-corrected chi connectivity index (χ0v) is 49.6. The summed E-state index contributed by atoms with van der Waals surface area (Å²) in [5.74, 6) is 0. The molecule has 0 aliphatic heterocycles. The Morgan fingerprint density at radius 2 is 0.463 bits per heavy atom. The van der Waals surface area contributed by atoms with Gasteiger partial charge in [0, 0.05) is 0 Å². The van der Waals surface area contributed by atoms with E-state index in [1.54, 1.807) is 0 Å². The molecule has 0 aromatic heterocycles. The van der Waals surface area contributed by atoms with Gasteiger partial charge in [0.15, 0.2) is 0 Å². The van der Waals surface area contributed by atoms with Crippen LogP contribution >= 0.6 is 0 Å². The zero-order chi connectivity index (χ0) is 56.5. The Hall–Kier alpha value is -8.58. The lowest BCUT2D eigenvalue weighted by Gasteiger charge is -2.29. The summed E-state index contributed by atoms with van der Waals surface area (Å²) in [6.45, 7) is 28.5. The molecule has 82 heavy (non-hydrogen) atoms. The fraction of sp³-hybridized carbons (Fsp3) is 0.195. The molecule has 0 spiro atoms. The summed E-state index contributed by atoms with van der Waals surface area (Å²) >= 11 is 0. The average molecular weight is 1060 g/mol. The van der Waals surface area contributed by atoms with Crippen LogP contribution in [0.15, 0.2) is 206 Å². The van der Waals surface area contributed by atoms with Gasteiger partial charge in [-0.15, -0.1) is 0 Å². The van der Waals surface area contributed by atoms with Gasteiger partial charge in [-0.3, -0.25) is 0 Å². The normalized spacial score (nSPS) is 13.1. The number of hydrogen-bond acceptors (Lipinski definition) is 0. The first kappa shape index (κ1) is 50.4. The molecule has 2 aliphatic rings. The summed E-state index contributed by atoms with van der Waals surface area (Å²) in [5, 5.41) is 15.3. The quantitative estimate of drug-likeness (QED) is 0.154. The van der Waals surface area contributed by atoms with Crippen LogP contribution in [-0.4, -0.2) is 0 Å². The van der Waals surface area contributed by atoms with E-state index in [2.05, 4.69) is 289 Å². The van der Waals surface area contributed by atoms with Crippen molar-refractivity contribution < 1.29 is 0 Å². The molecule has 0 bridgehead atoms. The van der Waals surface area contributed by atoms with E-state index in [1.165, 1.54) is 176 Å². The van der Waals surface area contributed by atoms with Crippen molar-refractivity contribution in [2.24, 2.45) is 0 Å². The minimum absolute atomic E-state index is 0.0786. The van der Waals surface area contributed by atoms with Crippen LogP contribution in [0.5, 0.6) is 0 Å². The Morgan fingerprint density at radius 1 is 0.195 bits per heavy atom. The van der Waals surface area contributed by atoms with E-state index in [-0.39, 0.29) is 21.7 Å². The highest BCUT2D eigenvalue weighted by molar-refractivity contribution is 6.36. The van der Waals surface area contributed by atoms with Crippen molar-refractivity contribution >= 4 is 64.6 Å². The van der Waals surface area contributed by atoms with Crippen molar-refractivity contribution in [3.63, 3.8) is 0 Å². The van der Waals surface area contributed by atoms with E-state index in [4.69, 9.17) is 0 Å². The van der Waals surface area contributed by atoms with Gasteiger partial charge in [0.2, 0.25) is 0 Å². The van der Waals surface area contributed by atoms with Crippen LogP contribution in [0.25, 0.3) is 154 Å². The summed E-state index contributed by atoms with van der Waals surface area (Å²) in [7, 11) is 0. The Morgan fingerprint density at radius 3 is 0.768 bits per heavy atom. The van der Waals surface area contributed by atoms with Gasteiger partial charge in [-0.1, -0.05) is 265 Å². The molecule has 398 valence electrons. The Labute approximate surface area is 484 Å². The highest BCUT2D eigenvalue weighted by atomic mass is 14.4. The zero-order valence-electron chi connectivity index (χ0n) is 49.6. The summed E-state index contributed by atoms with van der Waals surface area (Å²) in [6, 6.07) is 80.5. The predicted molar refractivity (Wildman–Crippen MR) is 357 cm³/mol. The second-order valence-corrected chi connectivity index (χ2v) is 28.1. The SMILES string of the molecule is CC(C)(C)c1cc(-c2c3c(c(-c4cc(C(C)(C)C)cc(C(C)(C)C)c4)c4cc5ccccc5cc24)-c2ccc4c5c(ccc-3c25)-c2c-4c(-c3ccc4ccccc4c3)c3ccccc3c2-c2ccc3ccccc3c2)cc(C(C)(C)C)c1. The molecule has 0 heteroatoms. The summed E-state index contributed by atoms with van der Waals surface area (Å²) in [6.07, 6.45) is 0. The number of benzene rings is 13. The molecule has 0 radical (unpaired) electrons. The molecule has 0 N–H and O–H groups in total. The van der Waals surface area contributed by atoms with Crippen molar-refractivity contribution in [2.75, 3.05) is 0 Å². The molecule has 0 unspecified atom stereocenters. The van der Waals surface area contributed by atoms with Gasteiger partial charge in [-0.2, -0.15) is 0 Å². The van der Waals surface area contributed by atoms with Crippen LogP contribution in [0.3, 0.4) is 0 Å². The molecule has 2 aliphatic carbocycles. The van der Waals surface area contributed by atoms with Gasteiger partial charge < -0.3 is 0 Å². The fourth-order valence-corrected chi connectivity index (χ4v) is 14.2. The first-order chi connectivity index (χ1) is 39.2. The maximum atomic E-state index is 2.54. The number of hydrogen-bond donors (Lipinski definition) is 0. The molecule has 0 nitrogen and oxygen atoms in total. The predicted octanol–water partition coefficient (Wildman–Crippen LogP) is 23.8. The monoisotopic (exact) mass is 1050 g/mol. The molecule has 0 heterocycles. The van der Waals surface area contributed by atoms with Crippen LogP contribution in [0.4, 0.5) is 0 Å². The molecular weight excluding hydrogens is 985 g/mol. The molecule has 0 saturated heterocycles.